The molecular weight excluding hydrogens is 303 g/mol. The van der Waals surface area contributed by atoms with Crippen molar-refractivity contribution in [3.63, 3.8) is 0 Å². The second-order valence-electron chi connectivity index (χ2n) is 3.85. The highest BCUT2D eigenvalue weighted by Crippen LogP contribution is 2.32. The van der Waals surface area contributed by atoms with Gasteiger partial charge in [-0.05, 0) is 35.4 Å². The lowest BCUT2D eigenvalue weighted by molar-refractivity contribution is -0.255. The van der Waals surface area contributed by atoms with Gasteiger partial charge in [0.2, 0.25) is 0 Å². The number of hydrogen-bond donors (Lipinski definition) is 0. The monoisotopic (exact) mass is 311 g/mol. The van der Waals surface area contributed by atoms with Crippen LogP contribution in [0.15, 0.2) is 47.4 Å². The summed E-state index contributed by atoms with van der Waals surface area (Å²) in [5.74, 6) is -0.561. The number of carbonyl (C=O) groups excluding carboxylic acids is 1. The Labute approximate surface area is 125 Å². The number of carboxylic acid groups (broad SMARTS) is 1. The van der Waals surface area contributed by atoms with Crippen LogP contribution < -0.4 is 5.11 Å². The second kappa shape index (κ2) is 6.33. The summed E-state index contributed by atoms with van der Waals surface area (Å²) < 4.78 is 0. The molecule has 0 saturated heterocycles. The van der Waals surface area contributed by atoms with E-state index in [4.69, 9.17) is 23.2 Å². The number of carbonyl (C=O) groups is 1. The van der Waals surface area contributed by atoms with E-state index in [1.165, 1.54) is 17.8 Å². The average molecular weight is 312 g/mol. The molecule has 98 valence electrons. The molecule has 0 aliphatic heterocycles. The maximum atomic E-state index is 10.8. The molecule has 0 heterocycles. The van der Waals surface area contributed by atoms with E-state index in [2.05, 4.69) is 0 Å². The van der Waals surface area contributed by atoms with Gasteiger partial charge in [-0.25, -0.2) is 0 Å². The predicted molar refractivity (Wildman–Crippen MR) is 76.8 cm³/mol. The zero-order chi connectivity index (χ0) is 13.8. The van der Waals surface area contributed by atoms with Gasteiger partial charge in [0.25, 0.3) is 0 Å². The van der Waals surface area contributed by atoms with E-state index in [-0.39, 0.29) is 5.56 Å². The molecule has 5 heteroatoms. The van der Waals surface area contributed by atoms with Gasteiger partial charge in [0.05, 0.1) is 11.0 Å². The number of thioether (sulfide) groups is 1. The van der Waals surface area contributed by atoms with Crippen molar-refractivity contribution in [3.05, 3.63) is 63.6 Å². The topological polar surface area (TPSA) is 40.1 Å². The summed E-state index contributed by atoms with van der Waals surface area (Å²) in [6.07, 6.45) is 0. The number of hydrogen-bond acceptors (Lipinski definition) is 3. The van der Waals surface area contributed by atoms with Crippen molar-refractivity contribution in [2.24, 2.45) is 0 Å². The minimum atomic E-state index is -1.17. The fraction of sp³-hybridized carbons (Fsp3) is 0.0714. The Kier molecular flexibility index (Phi) is 4.75. The van der Waals surface area contributed by atoms with Crippen molar-refractivity contribution in [2.45, 2.75) is 10.6 Å². The smallest absolute Gasteiger partial charge is 0.0715 e. The zero-order valence-corrected chi connectivity index (χ0v) is 12.1. The van der Waals surface area contributed by atoms with Gasteiger partial charge >= 0.3 is 0 Å². The van der Waals surface area contributed by atoms with Crippen LogP contribution in [0, 0.1) is 0 Å². The number of benzene rings is 2. The molecule has 0 aromatic heterocycles. The molecule has 0 N–H and O–H groups in total. The van der Waals surface area contributed by atoms with Gasteiger partial charge in [0.1, 0.15) is 0 Å². The Balaban J connectivity index is 2.12. The molecule has 0 spiro atoms. The molecule has 2 aromatic rings. The van der Waals surface area contributed by atoms with Crippen molar-refractivity contribution in [2.75, 3.05) is 0 Å². The van der Waals surface area contributed by atoms with E-state index in [0.717, 1.165) is 10.5 Å². The van der Waals surface area contributed by atoms with E-state index >= 15 is 0 Å². The van der Waals surface area contributed by atoms with Gasteiger partial charge in [0, 0.05) is 15.7 Å². The number of rotatable bonds is 4. The quantitative estimate of drug-likeness (QED) is 0.809. The van der Waals surface area contributed by atoms with Gasteiger partial charge in [-0.3, -0.25) is 0 Å². The highest BCUT2D eigenvalue weighted by atomic mass is 35.5. The summed E-state index contributed by atoms with van der Waals surface area (Å²) in [6, 6.07) is 11.9. The van der Waals surface area contributed by atoms with Crippen molar-refractivity contribution in [3.8, 4) is 0 Å². The summed E-state index contributed by atoms with van der Waals surface area (Å²) in [6.45, 7) is 0. The summed E-state index contributed by atoms with van der Waals surface area (Å²) in [4.78, 5) is 11.6. The van der Waals surface area contributed by atoms with Gasteiger partial charge in [-0.2, -0.15) is 0 Å². The first kappa shape index (κ1) is 14.3. The van der Waals surface area contributed by atoms with Crippen LogP contribution in [0.2, 0.25) is 10.0 Å². The van der Waals surface area contributed by atoms with Crippen LogP contribution >= 0.6 is 35.0 Å². The Morgan fingerprint density at radius 2 is 1.95 bits per heavy atom. The fourth-order valence-corrected chi connectivity index (χ4v) is 2.97. The van der Waals surface area contributed by atoms with Crippen LogP contribution in [-0.2, 0) is 5.75 Å². The number of halogens is 2. The van der Waals surface area contributed by atoms with Crippen LogP contribution in [0.3, 0.4) is 0 Å². The minimum Gasteiger partial charge on any atom is -0.545 e. The van der Waals surface area contributed by atoms with Gasteiger partial charge < -0.3 is 9.90 Å². The third-order valence-electron chi connectivity index (χ3n) is 2.45. The lowest BCUT2D eigenvalue weighted by Crippen LogP contribution is -2.22. The highest BCUT2D eigenvalue weighted by Gasteiger charge is 2.04. The first-order chi connectivity index (χ1) is 9.06. The van der Waals surface area contributed by atoms with E-state index < -0.39 is 5.97 Å². The molecule has 0 amide bonds. The molecule has 0 fully saturated rings. The summed E-state index contributed by atoms with van der Waals surface area (Å²) in [7, 11) is 0. The van der Waals surface area contributed by atoms with Crippen LogP contribution in [0.5, 0.6) is 0 Å². The van der Waals surface area contributed by atoms with Crippen LogP contribution in [0.4, 0.5) is 0 Å². The van der Waals surface area contributed by atoms with Crippen LogP contribution in [0.1, 0.15) is 15.9 Å². The maximum absolute atomic E-state index is 10.8. The summed E-state index contributed by atoms with van der Waals surface area (Å²) in [5.41, 5.74) is 1.07. The molecule has 2 nitrogen and oxygen atoms in total. The van der Waals surface area contributed by atoms with Crippen LogP contribution in [0.25, 0.3) is 0 Å². The zero-order valence-electron chi connectivity index (χ0n) is 9.73. The first-order valence-electron chi connectivity index (χ1n) is 5.44. The molecule has 0 atom stereocenters. The Morgan fingerprint density at radius 3 is 2.68 bits per heavy atom. The minimum absolute atomic E-state index is 0.176. The SMILES string of the molecule is O=C([O-])c1cccc(CSc2cc(Cl)ccc2Cl)c1. The molecule has 0 bridgehead atoms. The number of aromatic carboxylic acids is 1. The molecule has 2 aromatic carbocycles. The van der Waals surface area contributed by atoms with Crippen molar-refractivity contribution >= 4 is 40.9 Å². The standard InChI is InChI=1S/C14H10Cl2O2S/c15-11-4-5-12(16)13(7-11)19-8-9-2-1-3-10(6-9)14(17)18/h1-7H,8H2,(H,17,18)/p-1. The normalized spacial score (nSPS) is 10.4. The molecule has 0 radical (unpaired) electrons. The summed E-state index contributed by atoms with van der Waals surface area (Å²) >= 11 is 13.5. The van der Waals surface area contributed by atoms with Crippen molar-refractivity contribution in [1.82, 2.24) is 0 Å². The predicted octanol–water partition coefficient (Wildman–Crippen LogP) is 3.65. The Bertz CT molecular complexity index is 614. The van der Waals surface area contributed by atoms with Crippen LogP contribution in [-0.4, -0.2) is 5.97 Å². The lowest BCUT2D eigenvalue weighted by atomic mass is 10.1. The molecule has 2 rings (SSSR count). The van der Waals surface area contributed by atoms with Crippen molar-refractivity contribution in [1.29, 1.82) is 0 Å². The Morgan fingerprint density at radius 1 is 1.16 bits per heavy atom. The third-order valence-corrected chi connectivity index (χ3v) is 4.25. The number of carboxylic acids is 1. The molecule has 0 unspecified atom stereocenters. The van der Waals surface area contributed by atoms with Gasteiger partial charge in [-0.15, -0.1) is 11.8 Å². The van der Waals surface area contributed by atoms with E-state index in [9.17, 15) is 9.90 Å². The van der Waals surface area contributed by atoms with Crippen molar-refractivity contribution < 1.29 is 9.90 Å². The Hall–Kier alpha value is -1.16. The molecule has 19 heavy (non-hydrogen) atoms. The molecular formula is C14H9Cl2O2S-. The average Bonchev–Trinajstić information content (AvgIpc) is 2.40. The molecule has 0 aliphatic rings. The lowest BCUT2D eigenvalue weighted by Gasteiger charge is -2.07. The van der Waals surface area contributed by atoms with E-state index in [1.807, 2.05) is 6.07 Å². The molecule has 0 saturated carbocycles. The van der Waals surface area contributed by atoms with E-state index in [1.54, 1.807) is 30.3 Å². The van der Waals surface area contributed by atoms with E-state index in [0.29, 0.717) is 15.8 Å². The summed E-state index contributed by atoms with van der Waals surface area (Å²) in [5, 5.41) is 12.0. The first-order valence-corrected chi connectivity index (χ1v) is 7.18. The van der Waals surface area contributed by atoms with Gasteiger partial charge in [0.15, 0.2) is 0 Å². The third kappa shape index (κ3) is 3.90. The maximum Gasteiger partial charge on any atom is 0.0715 e. The molecule has 0 aliphatic carbocycles. The fourth-order valence-electron chi connectivity index (χ4n) is 1.54. The second-order valence-corrected chi connectivity index (χ2v) is 5.71. The van der Waals surface area contributed by atoms with Gasteiger partial charge in [-0.1, -0.05) is 41.4 Å². The highest BCUT2D eigenvalue weighted by molar-refractivity contribution is 7.98. The largest absolute Gasteiger partial charge is 0.545 e.